The molecule has 1 saturated heterocycles. The van der Waals surface area contributed by atoms with E-state index in [-0.39, 0.29) is 56.1 Å². The molecule has 1 atom stereocenters. The fraction of sp³-hybridized carbons (Fsp3) is 0.478. The van der Waals surface area contributed by atoms with E-state index < -0.39 is 8.07 Å². The molecule has 1 fully saturated rings. The van der Waals surface area contributed by atoms with E-state index in [0.717, 1.165) is 0 Å². The van der Waals surface area contributed by atoms with Gasteiger partial charge in [0.05, 0.1) is 0 Å². The summed E-state index contributed by atoms with van der Waals surface area (Å²) in [6, 6.07) is 11.8. The van der Waals surface area contributed by atoms with Crippen LogP contribution in [0.1, 0.15) is 57.7 Å². The molecule has 1 aromatic carbocycles. The smallest absolute Gasteiger partial charge is 1.00 e. The molecule has 0 aromatic heterocycles. The van der Waals surface area contributed by atoms with Crippen LogP contribution in [0.15, 0.2) is 41.0 Å². The quantitative estimate of drug-likeness (QED) is 0.338. The fourth-order valence-corrected chi connectivity index (χ4v) is 7.72. The van der Waals surface area contributed by atoms with Crippen LogP contribution in [-0.4, -0.2) is 8.07 Å². The van der Waals surface area contributed by atoms with E-state index in [9.17, 15) is 0 Å². The number of hydrogen-bond acceptors (Lipinski definition) is 0. The van der Waals surface area contributed by atoms with Gasteiger partial charge in [0.15, 0.2) is 0 Å². The van der Waals surface area contributed by atoms with E-state index in [0.29, 0.717) is 5.54 Å². The van der Waals surface area contributed by atoms with Gasteiger partial charge in [0.2, 0.25) is 0 Å². The molecule has 1 aromatic rings. The Morgan fingerprint density at radius 3 is 2.04 bits per heavy atom. The molecule has 0 saturated carbocycles. The van der Waals surface area contributed by atoms with Crippen molar-refractivity contribution in [1.82, 2.24) is 0 Å². The van der Waals surface area contributed by atoms with Crippen molar-refractivity contribution in [3.8, 4) is 0 Å². The van der Waals surface area contributed by atoms with Crippen LogP contribution >= 0.6 is 0 Å². The molecule has 1 aliphatic heterocycles. The molecule has 0 nitrogen and oxygen atoms in total. The van der Waals surface area contributed by atoms with Crippen LogP contribution in [0.2, 0.25) is 18.6 Å². The first-order chi connectivity index (χ1) is 11.2. The maximum atomic E-state index is 3.60. The van der Waals surface area contributed by atoms with Crippen molar-refractivity contribution in [2.24, 2.45) is 5.41 Å². The van der Waals surface area contributed by atoms with Crippen LogP contribution in [0.3, 0.4) is 0 Å². The normalized spacial score (nSPS) is 22.7. The van der Waals surface area contributed by atoms with Gasteiger partial charge in [-0.25, -0.2) is 11.6 Å². The molecular weight excluding hydrogens is 554 g/mol. The minimum absolute atomic E-state index is 0. The molecule has 1 heterocycles. The molecule has 1 unspecified atom stereocenters. The van der Waals surface area contributed by atoms with Crippen molar-refractivity contribution in [3.63, 3.8) is 0 Å². The molecule has 0 N–H and O–H groups in total. The second-order valence-electron chi connectivity index (χ2n) is 8.51. The van der Waals surface area contributed by atoms with Crippen LogP contribution in [0, 0.1) is 17.6 Å². The second kappa shape index (κ2) is 10.2. The van der Waals surface area contributed by atoms with Crippen LogP contribution < -0.4 is 24.8 Å². The van der Waals surface area contributed by atoms with Gasteiger partial charge >= 0.3 is 25.8 Å². The summed E-state index contributed by atoms with van der Waals surface area (Å²) in [5.74, 6) is 0. The molecular formula is C23H30Cl2HfSi. The SMILES string of the molecule is CC1=[C-]C(C)(C)C(C)=C1C.C[Si]1(C2[C-]=Cc3ccccc32)CCC1.[Cl-].[Cl-].[Hf+4]. The van der Waals surface area contributed by atoms with Crippen LogP contribution in [0.25, 0.3) is 6.08 Å². The molecule has 144 valence electrons. The van der Waals surface area contributed by atoms with Crippen LogP contribution in [0.4, 0.5) is 0 Å². The predicted octanol–water partition coefficient (Wildman–Crippen LogP) is 0.739. The zero-order valence-electron chi connectivity index (χ0n) is 17.3. The van der Waals surface area contributed by atoms with Crippen molar-refractivity contribution in [1.29, 1.82) is 0 Å². The second-order valence-corrected chi connectivity index (χ2v) is 13.4. The zero-order chi connectivity index (χ0) is 17.5. The van der Waals surface area contributed by atoms with Gasteiger partial charge in [-0.3, -0.25) is 12.2 Å². The Bertz CT molecular complexity index is 743. The maximum Gasteiger partial charge on any atom is 4.00 e. The van der Waals surface area contributed by atoms with Gasteiger partial charge in [-0.2, -0.15) is 16.7 Å². The van der Waals surface area contributed by atoms with Crippen molar-refractivity contribution >= 4 is 14.1 Å². The first-order valence-corrected chi connectivity index (χ1v) is 12.2. The van der Waals surface area contributed by atoms with Crippen LogP contribution in [-0.2, 0) is 25.8 Å². The fourth-order valence-electron chi connectivity index (χ4n) is 4.17. The zero-order valence-corrected chi connectivity index (χ0v) is 23.4. The summed E-state index contributed by atoms with van der Waals surface area (Å²) in [5.41, 5.74) is 8.07. The topological polar surface area (TPSA) is 0 Å². The first-order valence-electron chi connectivity index (χ1n) is 9.23. The molecule has 27 heavy (non-hydrogen) atoms. The van der Waals surface area contributed by atoms with Gasteiger partial charge in [-0.05, 0) is 0 Å². The summed E-state index contributed by atoms with van der Waals surface area (Å²) in [6.45, 7) is 13.5. The third-order valence-electron chi connectivity index (χ3n) is 6.47. The summed E-state index contributed by atoms with van der Waals surface area (Å²) in [5, 5.41) is 0. The van der Waals surface area contributed by atoms with E-state index in [1.165, 1.54) is 40.8 Å². The molecule has 0 amide bonds. The largest absolute Gasteiger partial charge is 4.00 e. The summed E-state index contributed by atoms with van der Waals surface area (Å²) >= 11 is 0. The van der Waals surface area contributed by atoms with Gasteiger partial charge in [0.1, 0.15) is 0 Å². The molecule has 0 radical (unpaired) electrons. The van der Waals surface area contributed by atoms with Crippen molar-refractivity contribution in [2.75, 3.05) is 0 Å². The molecule has 2 aliphatic carbocycles. The number of rotatable bonds is 1. The molecule has 4 heteroatoms. The number of benzene rings is 1. The minimum Gasteiger partial charge on any atom is -1.00 e. The van der Waals surface area contributed by atoms with Gasteiger partial charge < -0.3 is 24.8 Å². The summed E-state index contributed by atoms with van der Waals surface area (Å²) < 4.78 is 0. The van der Waals surface area contributed by atoms with Gasteiger partial charge in [0.25, 0.3) is 0 Å². The van der Waals surface area contributed by atoms with E-state index in [1.54, 1.807) is 5.56 Å². The molecule has 0 bridgehead atoms. The summed E-state index contributed by atoms with van der Waals surface area (Å²) in [7, 11) is -0.957. The first kappa shape index (κ1) is 27.1. The Morgan fingerprint density at radius 1 is 1.04 bits per heavy atom. The minimum atomic E-state index is -0.957. The number of halogens is 2. The average Bonchev–Trinajstić information content (AvgIpc) is 3.02. The Labute approximate surface area is 198 Å². The number of hydrogen-bond donors (Lipinski definition) is 0. The van der Waals surface area contributed by atoms with Gasteiger partial charge in [-0.1, -0.05) is 81.9 Å². The van der Waals surface area contributed by atoms with Crippen molar-refractivity contribution in [3.05, 3.63) is 64.3 Å². The van der Waals surface area contributed by atoms with Gasteiger partial charge in [0, 0.05) is 8.07 Å². The predicted molar refractivity (Wildman–Crippen MR) is 107 cm³/mol. The van der Waals surface area contributed by atoms with Crippen molar-refractivity contribution < 1.29 is 50.7 Å². The Kier molecular flexibility index (Phi) is 10.3. The monoisotopic (exact) mass is 584 g/mol. The Hall–Kier alpha value is 0.107. The van der Waals surface area contributed by atoms with E-state index in [4.69, 9.17) is 0 Å². The molecule has 3 aliphatic rings. The third kappa shape index (κ3) is 5.38. The molecule has 0 spiro atoms. The summed E-state index contributed by atoms with van der Waals surface area (Å²) in [4.78, 5) is 0. The van der Waals surface area contributed by atoms with Gasteiger partial charge in [-0.15, -0.1) is 18.6 Å². The number of fused-ring (bicyclic) bond motifs is 1. The number of allylic oxidation sites excluding steroid dienone is 5. The van der Waals surface area contributed by atoms with E-state index >= 15 is 0 Å². The molecule has 4 rings (SSSR count). The van der Waals surface area contributed by atoms with E-state index in [1.807, 2.05) is 0 Å². The average molecular weight is 584 g/mol. The maximum absolute atomic E-state index is 3.60. The Balaban J connectivity index is 0.000000473. The Morgan fingerprint density at radius 2 is 1.63 bits per heavy atom. The third-order valence-corrected chi connectivity index (χ3v) is 11.3. The van der Waals surface area contributed by atoms with Crippen LogP contribution in [0.5, 0.6) is 0 Å². The van der Waals surface area contributed by atoms with E-state index in [2.05, 4.69) is 83.7 Å². The standard InChI is InChI=1S/C13H15Si.C10H15.2ClH.Hf/c1-14(9-4-10-14)13-8-7-11-5-2-3-6-12(11)13;1-7-6-10(4,5)9(3)8(7)2;;;/h2-3,5-7,13H,4,9-10H2,1H3;1-5H3;2*1H;/q2*-1;;;+4/p-2. The van der Waals surface area contributed by atoms with Crippen molar-refractivity contribution in [2.45, 2.75) is 65.2 Å². The summed E-state index contributed by atoms with van der Waals surface area (Å²) in [6.07, 6.45) is 10.7.